The third-order valence-corrected chi connectivity index (χ3v) is 3.71. The minimum Gasteiger partial charge on any atom is -0.385 e. The summed E-state index contributed by atoms with van der Waals surface area (Å²) in [4.78, 5) is 16.6. The molecule has 1 aromatic rings. The van der Waals surface area contributed by atoms with E-state index in [0.29, 0.717) is 5.56 Å². The van der Waals surface area contributed by atoms with Gasteiger partial charge in [-0.3, -0.25) is 4.79 Å². The molecule has 1 aromatic carbocycles. The average Bonchev–Trinajstić information content (AvgIpc) is 2.84. The summed E-state index contributed by atoms with van der Waals surface area (Å²) in [6.45, 7) is 1.59. The number of carbonyl (C=O) groups excluding carboxylic acids is 1. The predicted molar refractivity (Wildman–Crippen MR) is 78.6 cm³/mol. The second kappa shape index (κ2) is 6.22. The highest BCUT2D eigenvalue weighted by atomic mass is 19.1. The lowest BCUT2D eigenvalue weighted by molar-refractivity contribution is 0.0717. The van der Waals surface area contributed by atoms with Crippen LogP contribution in [0.15, 0.2) is 18.2 Å². The van der Waals surface area contributed by atoms with Gasteiger partial charge in [0.05, 0.1) is 11.3 Å². The zero-order chi connectivity index (χ0) is 14.7. The van der Waals surface area contributed by atoms with Gasteiger partial charge < -0.3 is 15.1 Å². The number of likely N-dealkylation sites (tertiary alicyclic amines) is 1. The van der Waals surface area contributed by atoms with E-state index in [4.69, 9.17) is 0 Å². The van der Waals surface area contributed by atoms with Crippen molar-refractivity contribution < 1.29 is 9.18 Å². The lowest BCUT2D eigenvalue weighted by atomic mass is 10.1. The molecule has 1 aliphatic heterocycles. The van der Waals surface area contributed by atoms with E-state index >= 15 is 0 Å². The van der Waals surface area contributed by atoms with E-state index in [2.05, 4.69) is 10.2 Å². The summed E-state index contributed by atoms with van der Waals surface area (Å²) in [5, 5.41) is 2.79. The predicted octanol–water partition coefficient (Wildman–Crippen LogP) is 2.03. The number of nitrogens with one attached hydrogen (secondary N) is 1. The summed E-state index contributed by atoms with van der Waals surface area (Å²) in [5.41, 5.74) is 0.700. The molecule has 110 valence electrons. The molecule has 1 atom stereocenters. The van der Waals surface area contributed by atoms with Crippen molar-refractivity contribution >= 4 is 11.6 Å². The number of halogens is 1. The molecule has 0 spiro atoms. The van der Waals surface area contributed by atoms with E-state index in [1.165, 1.54) is 6.07 Å². The van der Waals surface area contributed by atoms with E-state index in [1.807, 2.05) is 19.0 Å². The minimum absolute atomic E-state index is 0.0850. The molecule has 1 fully saturated rings. The van der Waals surface area contributed by atoms with Crippen molar-refractivity contribution in [3.63, 3.8) is 0 Å². The first-order valence-corrected chi connectivity index (χ1v) is 6.96. The zero-order valence-corrected chi connectivity index (χ0v) is 12.3. The van der Waals surface area contributed by atoms with Crippen LogP contribution in [0.4, 0.5) is 10.1 Å². The maximum atomic E-state index is 13.8. The molecular weight excluding hydrogens is 257 g/mol. The third kappa shape index (κ3) is 2.93. The monoisotopic (exact) mass is 279 g/mol. The number of likely N-dealkylation sites (N-methyl/N-ethyl adjacent to an activating group) is 1. The number of amides is 1. The molecule has 20 heavy (non-hydrogen) atoms. The topological polar surface area (TPSA) is 35.6 Å². The van der Waals surface area contributed by atoms with Gasteiger partial charge >= 0.3 is 0 Å². The molecule has 1 N–H and O–H groups in total. The van der Waals surface area contributed by atoms with Gasteiger partial charge in [0.1, 0.15) is 5.82 Å². The highest BCUT2D eigenvalue weighted by molar-refractivity contribution is 6.00. The number of hydrogen-bond acceptors (Lipinski definition) is 3. The normalized spacial score (nSPS) is 18.6. The standard InChI is InChI=1S/C15H22FN3O/c1-17-14-12(7-4-8-13(14)16)15(20)19-9-5-6-11(19)10-18(2)3/h4,7-8,11,17H,5-6,9-10H2,1-3H3. The van der Waals surface area contributed by atoms with Gasteiger partial charge in [-0.15, -0.1) is 0 Å². The lowest BCUT2D eigenvalue weighted by Crippen LogP contribution is -2.41. The Labute approximate surface area is 119 Å². The smallest absolute Gasteiger partial charge is 0.256 e. The molecular formula is C15H22FN3O. The van der Waals surface area contributed by atoms with Gasteiger partial charge in [-0.1, -0.05) is 6.07 Å². The summed E-state index contributed by atoms with van der Waals surface area (Å²) in [6.07, 6.45) is 2.02. The van der Waals surface area contributed by atoms with E-state index in [-0.39, 0.29) is 23.5 Å². The highest BCUT2D eigenvalue weighted by Gasteiger charge is 2.31. The van der Waals surface area contributed by atoms with Gasteiger partial charge in [-0.2, -0.15) is 0 Å². The van der Waals surface area contributed by atoms with Crippen LogP contribution in [-0.2, 0) is 0 Å². The molecule has 1 aliphatic rings. The van der Waals surface area contributed by atoms with Crippen LogP contribution in [0.5, 0.6) is 0 Å². The van der Waals surface area contributed by atoms with Gasteiger partial charge in [-0.25, -0.2) is 4.39 Å². The van der Waals surface area contributed by atoms with Crippen LogP contribution < -0.4 is 5.32 Å². The molecule has 0 saturated carbocycles. The van der Waals surface area contributed by atoms with Crippen molar-refractivity contribution in [1.29, 1.82) is 0 Å². The Kier molecular flexibility index (Phi) is 4.60. The summed E-state index contributed by atoms with van der Waals surface area (Å²) in [7, 11) is 5.64. The SMILES string of the molecule is CNc1c(F)cccc1C(=O)N1CCCC1CN(C)C. The number of para-hydroxylation sites is 1. The van der Waals surface area contributed by atoms with Crippen LogP contribution in [0, 0.1) is 5.82 Å². The van der Waals surface area contributed by atoms with Crippen molar-refractivity contribution in [3.8, 4) is 0 Å². The first-order chi connectivity index (χ1) is 9.54. The molecule has 0 bridgehead atoms. The first kappa shape index (κ1) is 14.8. The molecule has 0 aliphatic carbocycles. The maximum absolute atomic E-state index is 13.8. The molecule has 1 saturated heterocycles. The Balaban J connectivity index is 2.25. The average molecular weight is 279 g/mol. The Morgan fingerprint density at radius 1 is 1.50 bits per heavy atom. The molecule has 2 rings (SSSR count). The molecule has 0 radical (unpaired) electrons. The number of rotatable bonds is 4. The van der Waals surface area contributed by atoms with E-state index in [9.17, 15) is 9.18 Å². The quantitative estimate of drug-likeness (QED) is 0.916. The fraction of sp³-hybridized carbons (Fsp3) is 0.533. The van der Waals surface area contributed by atoms with Crippen LogP contribution >= 0.6 is 0 Å². The van der Waals surface area contributed by atoms with Gasteiger partial charge in [-0.05, 0) is 39.1 Å². The van der Waals surface area contributed by atoms with E-state index < -0.39 is 0 Å². The first-order valence-electron chi connectivity index (χ1n) is 6.96. The fourth-order valence-electron chi connectivity index (χ4n) is 2.83. The number of anilines is 1. The van der Waals surface area contributed by atoms with Crippen molar-refractivity contribution in [3.05, 3.63) is 29.6 Å². The number of hydrogen-bond donors (Lipinski definition) is 1. The van der Waals surface area contributed by atoms with Crippen LogP contribution in [0.3, 0.4) is 0 Å². The van der Waals surface area contributed by atoms with Crippen LogP contribution in [0.2, 0.25) is 0 Å². The second-order valence-corrected chi connectivity index (χ2v) is 5.47. The van der Waals surface area contributed by atoms with Crippen molar-refractivity contribution in [1.82, 2.24) is 9.80 Å². The number of benzene rings is 1. The van der Waals surface area contributed by atoms with Crippen LogP contribution in [0.25, 0.3) is 0 Å². The van der Waals surface area contributed by atoms with Crippen LogP contribution in [-0.4, -0.2) is 56.0 Å². The molecule has 1 amide bonds. The van der Waals surface area contributed by atoms with Gasteiger partial charge in [0.15, 0.2) is 0 Å². The molecule has 1 heterocycles. The number of nitrogens with zero attached hydrogens (tertiary/aromatic N) is 2. The molecule has 0 aromatic heterocycles. The number of carbonyl (C=O) groups is 1. The Bertz CT molecular complexity index is 490. The summed E-state index contributed by atoms with van der Waals surface area (Å²) in [6, 6.07) is 4.84. The maximum Gasteiger partial charge on any atom is 0.256 e. The van der Waals surface area contributed by atoms with E-state index in [0.717, 1.165) is 25.9 Å². The Hall–Kier alpha value is -1.62. The summed E-state index contributed by atoms with van der Waals surface area (Å²) < 4.78 is 13.8. The van der Waals surface area contributed by atoms with E-state index in [1.54, 1.807) is 19.2 Å². The third-order valence-electron chi connectivity index (χ3n) is 3.71. The van der Waals surface area contributed by atoms with Gasteiger partial charge in [0, 0.05) is 26.2 Å². The zero-order valence-electron chi connectivity index (χ0n) is 12.3. The van der Waals surface area contributed by atoms with Crippen molar-refractivity contribution in [2.45, 2.75) is 18.9 Å². The van der Waals surface area contributed by atoms with Crippen molar-refractivity contribution in [2.75, 3.05) is 39.5 Å². The minimum atomic E-state index is -0.387. The van der Waals surface area contributed by atoms with Gasteiger partial charge in [0.2, 0.25) is 0 Å². The van der Waals surface area contributed by atoms with Gasteiger partial charge in [0.25, 0.3) is 5.91 Å². The molecule has 1 unspecified atom stereocenters. The summed E-state index contributed by atoms with van der Waals surface area (Å²) >= 11 is 0. The fourth-order valence-corrected chi connectivity index (χ4v) is 2.83. The summed E-state index contributed by atoms with van der Waals surface area (Å²) in [5.74, 6) is -0.472. The largest absolute Gasteiger partial charge is 0.385 e. The molecule has 5 heteroatoms. The second-order valence-electron chi connectivity index (χ2n) is 5.47. The van der Waals surface area contributed by atoms with Crippen molar-refractivity contribution in [2.24, 2.45) is 0 Å². The highest BCUT2D eigenvalue weighted by Crippen LogP contribution is 2.25. The molecule has 4 nitrogen and oxygen atoms in total. The Morgan fingerprint density at radius 2 is 2.25 bits per heavy atom. The lowest BCUT2D eigenvalue weighted by Gasteiger charge is -2.28. The Morgan fingerprint density at radius 3 is 2.90 bits per heavy atom. The van der Waals surface area contributed by atoms with Crippen LogP contribution in [0.1, 0.15) is 23.2 Å².